The van der Waals surface area contributed by atoms with Crippen molar-refractivity contribution in [1.82, 2.24) is 13.3 Å². The van der Waals surface area contributed by atoms with Gasteiger partial charge < -0.3 is 0 Å². The Hall–Kier alpha value is -10.2. The van der Waals surface area contributed by atoms with Crippen molar-refractivity contribution in [3.8, 4) is 0 Å². The molecule has 119 heavy (non-hydrogen) atoms. The summed E-state index contributed by atoms with van der Waals surface area (Å²) in [6.07, 6.45) is 5.53. The predicted octanol–water partition coefficient (Wildman–Crippen LogP) is 19.0. The van der Waals surface area contributed by atoms with E-state index < -0.39 is 60.1 Å². The molecule has 18 nitrogen and oxygen atoms in total. The number of sulfonamides is 6. The Morgan fingerprint density at radius 2 is 0.529 bits per heavy atom. The number of hydrogen-bond acceptors (Lipinski definition) is 12. The summed E-state index contributed by atoms with van der Waals surface area (Å²) in [6, 6.07) is 91.9. The second-order valence-electron chi connectivity index (χ2n) is 28.1. The zero-order valence-electron chi connectivity index (χ0n) is 68.4. The summed E-state index contributed by atoms with van der Waals surface area (Å²) in [4.78, 5) is 1.50. The maximum absolute atomic E-state index is 12.5. The third kappa shape index (κ3) is 33.1. The first kappa shape index (κ1) is 97.6. The van der Waals surface area contributed by atoms with Crippen LogP contribution in [0.25, 0.3) is 18.2 Å². The van der Waals surface area contributed by atoms with Gasteiger partial charge in [-0.1, -0.05) is 340 Å². The first-order chi connectivity index (χ1) is 56.1. The molecule has 5 unspecified atom stereocenters. The number of hydrogen-bond donors (Lipinski definition) is 4. The van der Waals surface area contributed by atoms with Crippen molar-refractivity contribution < 1.29 is 50.5 Å². The molecule has 2 aliphatic rings. The van der Waals surface area contributed by atoms with Gasteiger partial charge in [-0.15, -0.1) is 0 Å². The molecule has 2 saturated heterocycles. The minimum Gasteiger partial charge on any atom is -0.225 e. The van der Waals surface area contributed by atoms with Gasteiger partial charge in [-0.25, -0.2) is 70.6 Å². The van der Waals surface area contributed by atoms with Gasteiger partial charge in [0, 0.05) is 18.4 Å². The van der Waals surface area contributed by atoms with Crippen LogP contribution in [0, 0.1) is 69.2 Å². The normalized spacial score (nSPS) is 14.6. The quantitative estimate of drug-likeness (QED) is 0.0489. The predicted molar refractivity (Wildman–Crippen MR) is 489 cm³/mol. The number of alkyl halides is 1. The highest BCUT2D eigenvalue weighted by molar-refractivity contribution is 9.09. The lowest BCUT2D eigenvalue weighted by Crippen LogP contribution is -2.29. The van der Waals surface area contributed by atoms with Crippen LogP contribution in [0.2, 0.25) is 0 Å². The van der Waals surface area contributed by atoms with Gasteiger partial charge in [0.2, 0.25) is 60.1 Å². The molecule has 0 bridgehead atoms. The van der Waals surface area contributed by atoms with Crippen LogP contribution in [0.5, 0.6) is 0 Å². The zero-order valence-corrected chi connectivity index (χ0v) is 74.9. The Kier molecular flexibility index (Phi) is 37.6. The van der Waals surface area contributed by atoms with Crippen LogP contribution in [0.15, 0.2) is 352 Å². The molecule has 7 N–H and O–H groups in total. The van der Waals surface area contributed by atoms with E-state index in [2.05, 4.69) is 103 Å². The number of nitrogens with one attached hydrogen (secondary N) is 1. The molecule has 5 atom stereocenters. The average Bonchev–Trinajstić information content (AvgIpc) is 1.60. The Bertz CT molecular complexity index is 5730. The Labute approximate surface area is 715 Å². The maximum atomic E-state index is 12.5. The molecule has 626 valence electrons. The lowest BCUT2D eigenvalue weighted by Gasteiger charge is -2.17. The van der Waals surface area contributed by atoms with Gasteiger partial charge in [0.25, 0.3) is 0 Å². The third-order valence-electron chi connectivity index (χ3n) is 18.0. The minimum absolute atomic E-state index is 0.00694. The summed E-state index contributed by atoms with van der Waals surface area (Å²) in [7, 11) is -20.8. The van der Waals surface area contributed by atoms with Crippen LogP contribution < -0.4 is 20.1 Å². The van der Waals surface area contributed by atoms with Crippen molar-refractivity contribution in [1.29, 1.82) is 0 Å². The van der Waals surface area contributed by atoms with Gasteiger partial charge in [-0.05, 0) is 175 Å². The van der Waals surface area contributed by atoms with E-state index in [-0.39, 0.29) is 37.7 Å². The zero-order chi connectivity index (χ0) is 87.9. The van der Waals surface area contributed by atoms with Gasteiger partial charge in [-0.2, -0.15) is 8.61 Å². The molecule has 14 rings (SSSR count). The second-order valence-corrected chi connectivity index (χ2v) is 38.9. The van der Waals surface area contributed by atoms with E-state index in [0.29, 0.717) is 28.2 Å². The van der Waals surface area contributed by atoms with E-state index in [1.54, 1.807) is 89.2 Å². The molecule has 2 aliphatic heterocycles. The van der Waals surface area contributed by atoms with Crippen molar-refractivity contribution in [3.05, 3.63) is 412 Å². The highest BCUT2D eigenvalue weighted by atomic mass is 79.9. The van der Waals surface area contributed by atoms with Crippen LogP contribution in [0.4, 0.5) is 0 Å². The molecule has 2 heterocycles. The van der Waals surface area contributed by atoms with Crippen LogP contribution in [0.3, 0.4) is 0 Å². The summed E-state index contributed by atoms with van der Waals surface area (Å²) in [6.45, 7) is 31.7. The van der Waals surface area contributed by atoms with Crippen molar-refractivity contribution in [3.63, 3.8) is 0 Å². The van der Waals surface area contributed by atoms with E-state index >= 15 is 0 Å². The first-order valence-electron chi connectivity index (χ1n) is 37.4. The van der Waals surface area contributed by atoms with Crippen LogP contribution in [-0.4, -0.2) is 77.5 Å². The Balaban J connectivity index is 0.000000212. The number of benzene rings is 12. The molecular weight excluding hydrogens is 1680 g/mol. The summed E-state index contributed by atoms with van der Waals surface area (Å²) < 4.78 is 145. The van der Waals surface area contributed by atoms with E-state index in [9.17, 15) is 50.5 Å². The molecule has 0 aliphatic carbocycles. The van der Waals surface area contributed by atoms with E-state index in [0.717, 1.165) is 55.6 Å². The summed E-state index contributed by atoms with van der Waals surface area (Å²) in [5.41, 5.74) is 17.7. The molecule has 12 aromatic carbocycles. The fourth-order valence-electron chi connectivity index (χ4n) is 10.6. The molecule has 0 aromatic heterocycles. The monoisotopic (exact) mass is 1780 g/mol. The molecular formula is C94H105BrN6O12S6. The first-order valence-corrected chi connectivity index (χ1v) is 47.5. The molecule has 2 fully saturated rings. The van der Waals surface area contributed by atoms with Crippen LogP contribution >= 0.6 is 15.9 Å². The Morgan fingerprint density at radius 1 is 0.311 bits per heavy atom. The van der Waals surface area contributed by atoms with Crippen LogP contribution in [0.1, 0.15) is 107 Å². The van der Waals surface area contributed by atoms with E-state index in [1.807, 2.05) is 207 Å². The van der Waals surface area contributed by atoms with Crippen molar-refractivity contribution in [2.45, 2.75) is 117 Å². The average molecular weight is 1780 g/mol. The molecule has 0 saturated carbocycles. The number of halogens is 1. The highest BCUT2D eigenvalue weighted by Gasteiger charge is 2.46. The standard InChI is InChI=1S/C16H18BrNO2S.C16H17NO2S.C15H15NO2S.2C9H10.C8H8.3C7H9NO2S/c1-12-3-7-14(8-4-12)16(11-17)18-21(19,20)15-9-5-13(2)6-10-15;1-12-3-7-14(8-4-12)16-11-17(16)20(18,19)15-9-5-13(2)6-10-15;1-12-7-9-14(10-8-12)19(17,18)16-11-15(16)13-5-3-2-4-6-13;2*1-3-9-6-4-8(2)5-7-9;1-2-8-6-4-3-5-7-8;3*1-6-2-4-7(5-3-6)11(8,9)10/h3-10,16,18H,11H2,1-2H3;3-10,16H,11H2,1-2H3;2-10,15H,11H2,1H3;2*3-7H,1H2,2H3;2-7H,1H2;3*2-5H,1H3,(H2,8,9,10). The van der Waals surface area contributed by atoms with Gasteiger partial charge >= 0.3 is 0 Å². The summed E-state index contributed by atoms with van der Waals surface area (Å²) >= 11 is 3.38. The number of nitrogens with zero attached hydrogens (tertiary/aromatic N) is 2. The summed E-state index contributed by atoms with van der Waals surface area (Å²) in [5, 5.41) is 15.2. The smallest absolute Gasteiger partial charge is 0.225 e. The number of nitrogens with two attached hydrogens (primary N) is 3. The third-order valence-corrected chi connectivity index (χ3v) is 26.7. The minimum atomic E-state index is -3.53. The van der Waals surface area contributed by atoms with Gasteiger partial charge in [0.15, 0.2) is 0 Å². The molecule has 12 aromatic rings. The van der Waals surface area contributed by atoms with E-state index in [4.69, 9.17) is 15.4 Å². The molecule has 0 radical (unpaired) electrons. The highest BCUT2D eigenvalue weighted by Crippen LogP contribution is 2.41. The molecule has 25 heteroatoms. The van der Waals surface area contributed by atoms with E-state index in [1.165, 1.54) is 74.1 Å². The number of aryl methyl sites for hydroxylation is 10. The van der Waals surface area contributed by atoms with Crippen LogP contribution in [-0.2, 0) is 60.1 Å². The van der Waals surface area contributed by atoms with Gasteiger partial charge in [0.1, 0.15) is 0 Å². The molecule has 0 spiro atoms. The second kappa shape index (κ2) is 45.8. The fraction of sp³-hybridized carbons (Fsp3) is 0.170. The van der Waals surface area contributed by atoms with Crippen molar-refractivity contribution in [2.75, 3.05) is 18.4 Å². The Morgan fingerprint density at radius 3 is 0.782 bits per heavy atom. The largest absolute Gasteiger partial charge is 0.243 e. The lowest BCUT2D eigenvalue weighted by atomic mass is 10.1. The topological polar surface area (TPSA) is 301 Å². The SMILES string of the molecule is C=Cc1ccc(C)cc1.C=Cc1ccc(C)cc1.C=Cc1ccccc1.Cc1ccc(C(CBr)NS(=O)(=O)c2ccc(C)cc2)cc1.Cc1ccc(C2CN2S(=O)(=O)c2ccc(C)cc2)cc1.Cc1ccc(S(=O)(=O)N2CC2c2ccccc2)cc1.Cc1ccc(S(N)(=O)=O)cc1.Cc1ccc(S(N)(=O)=O)cc1.Cc1ccc(S(N)(=O)=O)cc1. The van der Waals surface area contributed by atoms with Gasteiger partial charge in [0.05, 0.1) is 47.5 Å². The van der Waals surface area contributed by atoms with Gasteiger partial charge in [-0.3, -0.25) is 0 Å². The summed E-state index contributed by atoms with van der Waals surface area (Å²) in [5.74, 6) is 0. The molecule has 0 amide bonds. The maximum Gasteiger partial charge on any atom is 0.243 e. The lowest BCUT2D eigenvalue weighted by molar-refractivity contribution is 0.552. The van der Waals surface area contributed by atoms with Crippen molar-refractivity contribution in [2.24, 2.45) is 15.4 Å². The number of rotatable bonds is 17. The fourth-order valence-corrected chi connectivity index (χ4v) is 17.2. The number of primary sulfonamides is 3. The van der Waals surface area contributed by atoms with Crippen molar-refractivity contribution >= 4 is 94.3 Å².